The van der Waals surface area contributed by atoms with Crippen molar-refractivity contribution in [1.29, 1.82) is 0 Å². The molecule has 29 heavy (non-hydrogen) atoms. The Hall–Kier alpha value is -3.19. The van der Waals surface area contributed by atoms with E-state index in [-0.39, 0.29) is 30.6 Å². The van der Waals surface area contributed by atoms with E-state index in [4.69, 9.17) is 9.47 Å². The van der Waals surface area contributed by atoms with E-state index in [9.17, 15) is 14.7 Å². The molecule has 2 aliphatic heterocycles. The van der Waals surface area contributed by atoms with Gasteiger partial charge >= 0.3 is 0 Å². The number of aliphatic hydroxyl groups is 1. The van der Waals surface area contributed by atoms with E-state index >= 15 is 0 Å². The minimum atomic E-state index is -0.720. The molecule has 1 amide bonds. The fraction of sp³-hybridized carbons (Fsp3) is 0.318. The second-order valence-corrected chi connectivity index (χ2v) is 7.23. The summed E-state index contributed by atoms with van der Waals surface area (Å²) in [6, 6.07) is 8.11. The molecule has 1 aromatic carbocycles. The van der Waals surface area contributed by atoms with Gasteiger partial charge in [0.1, 0.15) is 17.6 Å². The quantitative estimate of drug-likeness (QED) is 0.476. The number of pyridine rings is 1. The van der Waals surface area contributed by atoms with Crippen molar-refractivity contribution in [3.05, 3.63) is 65.0 Å². The first kappa shape index (κ1) is 19.1. The average Bonchev–Trinajstić information content (AvgIpc) is 3.22. The Labute approximate surface area is 168 Å². The van der Waals surface area contributed by atoms with Gasteiger partial charge in [0.15, 0.2) is 0 Å². The van der Waals surface area contributed by atoms with E-state index in [0.29, 0.717) is 11.1 Å². The lowest BCUT2D eigenvalue weighted by Gasteiger charge is -2.24. The Kier molecular flexibility index (Phi) is 5.07. The van der Waals surface area contributed by atoms with Gasteiger partial charge < -0.3 is 19.5 Å². The van der Waals surface area contributed by atoms with Crippen LogP contribution in [0.25, 0.3) is 5.76 Å². The zero-order valence-electron chi connectivity index (χ0n) is 16.3. The minimum Gasteiger partial charge on any atom is -0.507 e. The van der Waals surface area contributed by atoms with Crippen LogP contribution < -0.4 is 4.74 Å². The van der Waals surface area contributed by atoms with Crippen LogP contribution in [-0.4, -0.2) is 53.0 Å². The highest BCUT2D eigenvalue weighted by Crippen LogP contribution is 2.40. The molecule has 0 aliphatic carbocycles. The number of fused-ring (bicyclic) bond motifs is 1. The van der Waals surface area contributed by atoms with Crippen LogP contribution in [0.4, 0.5) is 0 Å². The van der Waals surface area contributed by atoms with E-state index in [2.05, 4.69) is 4.98 Å². The summed E-state index contributed by atoms with van der Waals surface area (Å²) in [7, 11) is 1.53. The predicted octanol–water partition coefficient (Wildman–Crippen LogP) is 2.47. The van der Waals surface area contributed by atoms with E-state index < -0.39 is 17.7 Å². The van der Waals surface area contributed by atoms with Crippen molar-refractivity contribution in [2.24, 2.45) is 0 Å². The molecule has 2 unspecified atom stereocenters. The molecule has 2 aromatic rings. The molecule has 3 heterocycles. The number of nitrogens with zero attached hydrogens (tertiary/aromatic N) is 2. The van der Waals surface area contributed by atoms with Crippen LogP contribution in [0.15, 0.2) is 48.3 Å². The van der Waals surface area contributed by atoms with Crippen LogP contribution in [0.3, 0.4) is 0 Å². The summed E-state index contributed by atoms with van der Waals surface area (Å²) in [5.74, 6) is -0.786. The van der Waals surface area contributed by atoms with Crippen molar-refractivity contribution in [3.8, 4) is 5.75 Å². The van der Waals surface area contributed by atoms with E-state index in [0.717, 1.165) is 17.7 Å². The molecule has 1 fully saturated rings. The van der Waals surface area contributed by atoms with Crippen LogP contribution in [-0.2, 0) is 20.7 Å². The number of aromatic nitrogens is 1. The smallest absolute Gasteiger partial charge is 0.295 e. The van der Waals surface area contributed by atoms with E-state index in [1.807, 2.05) is 13.0 Å². The maximum absolute atomic E-state index is 12.9. The molecule has 1 aromatic heterocycles. The van der Waals surface area contributed by atoms with Gasteiger partial charge in [0.05, 0.1) is 18.2 Å². The van der Waals surface area contributed by atoms with Gasteiger partial charge in [0.25, 0.3) is 11.7 Å². The number of rotatable bonds is 5. The van der Waals surface area contributed by atoms with Crippen molar-refractivity contribution < 1.29 is 24.2 Å². The maximum atomic E-state index is 12.9. The van der Waals surface area contributed by atoms with Crippen LogP contribution in [0.1, 0.15) is 29.7 Å². The number of carbonyl (C=O) groups is 2. The first-order valence-corrected chi connectivity index (χ1v) is 9.48. The predicted molar refractivity (Wildman–Crippen MR) is 105 cm³/mol. The fourth-order valence-corrected chi connectivity index (χ4v) is 3.91. The zero-order chi connectivity index (χ0) is 20.5. The number of likely N-dealkylation sites (tertiary alicyclic amines) is 1. The fourth-order valence-electron chi connectivity index (χ4n) is 3.91. The lowest BCUT2D eigenvalue weighted by Crippen LogP contribution is -2.32. The third kappa shape index (κ3) is 3.38. The first-order chi connectivity index (χ1) is 14.0. The molecule has 0 bridgehead atoms. The molecular weight excluding hydrogens is 372 g/mol. The van der Waals surface area contributed by atoms with Crippen LogP contribution in [0.2, 0.25) is 0 Å². The van der Waals surface area contributed by atoms with Crippen LogP contribution >= 0.6 is 0 Å². The molecule has 1 saturated heterocycles. The number of Topliss-reactive ketones (excluding diaryl/α,β-unsaturated/α-hetero) is 1. The Morgan fingerprint density at radius 1 is 1.34 bits per heavy atom. The van der Waals surface area contributed by atoms with Crippen LogP contribution in [0, 0.1) is 0 Å². The summed E-state index contributed by atoms with van der Waals surface area (Å²) in [5.41, 5.74) is 2.17. The number of ether oxygens (including phenoxy) is 2. The Morgan fingerprint density at radius 3 is 2.90 bits per heavy atom. The van der Waals surface area contributed by atoms with Crippen molar-refractivity contribution >= 4 is 17.4 Å². The molecule has 7 nitrogen and oxygen atoms in total. The van der Waals surface area contributed by atoms with Crippen molar-refractivity contribution in [2.45, 2.75) is 25.5 Å². The van der Waals surface area contributed by atoms with Gasteiger partial charge in [-0.1, -0.05) is 6.07 Å². The molecule has 4 rings (SSSR count). The van der Waals surface area contributed by atoms with E-state index in [1.165, 1.54) is 12.0 Å². The molecule has 1 N–H and O–H groups in total. The number of amides is 1. The van der Waals surface area contributed by atoms with Gasteiger partial charge in [-0.2, -0.15) is 0 Å². The summed E-state index contributed by atoms with van der Waals surface area (Å²) in [6.45, 7) is 2.48. The Bertz CT molecular complexity index is 986. The van der Waals surface area contributed by atoms with E-state index in [1.54, 1.807) is 36.7 Å². The summed E-state index contributed by atoms with van der Waals surface area (Å²) in [6.07, 6.45) is 4.01. The Balaban J connectivity index is 1.82. The second-order valence-electron chi connectivity index (χ2n) is 7.23. The van der Waals surface area contributed by atoms with Gasteiger partial charge in [-0.3, -0.25) is 14.6 Å². The summed E-state index contributed by atoms with van der Waals surface area (Å²) < 4.78 is 10.8. The highest BCUT2D eigenvalue weighted by atomic mass is 16.5. The molecule has 2 atom stereocenters. The molecular formula is C22H22N2O5. The largest absolute Gasteiger partial charge is 0.507 e. The first-order valence-electron chi connectivity index (χ1n) is 9.48. The average molecular weight is 394 g/mol. The lowest BCUT2D eigenvalue weighted by atomic mass is 9.95. The SMILES string of the molecule is COCCN1C(=O)C(=O)C(=C(O)c2ccc3c(c2)CC(C)O3)C1c1cccnc1. The summed E-state index contributed by atoms with van der Waals surface area (Å²) in [5, 5.41) is 11.1. The highest BCUT2D eigenvalue weighted by molar-refractivity contribution is 6.46. The number of carbonyl (C=O) groups excluding carboxylic acids is 2. The third-order valence-corrected chi connectivity index (χ3v) is 5.25. The molecule has 150 valence electrons. The number of methoxy groups -OCH3 is 1. The molecule has 7 heteroatoms. The van der Waals surface area contributed by atoms with Crippen molar-refractivity contribution in [2.75, 3.05) is 20.3 Å². The monoisotopic (exact) mass is 394 g/mol. The number of hydrogen-bond donors (Lipinski definition) is 1. The van der Waals surface area contributed by atoms with Gasteiger partial charge in [0, 0.05) is 38.0 Å². The number of benzene rings is 1. The van der Waals surface area contributed by atoms with Crippen molar-refractivity contribution in [3.63, 3.8) is 0 Å². The molecule has 0 radical (unpaired) electrons. The van der Waals surface area contributed by atoms with Gasteiger partial charge in [-0.25, -0.2) is 0 Å². The molecule has 0 saturated carbocycles. The topological polar surface area (TPSA) is 89.0 Å². The lowest BCUT2D eigenvalue weighted by molar-refractivity contribution is -0.140. The summed E-state index contributed by atoms with van der Waals surface area (Å²) in [4.78, 5) is 31.1. The third-order valence-electron chi connectivity index (χ3n) is 5.25. The number of aliphatic hydroxyl groups excluding tert-OH is 1. The van der Waals surface area contributed by atoms with Gasteiger partial charge in [-0.15, -0.1) is 0 Å². The maximum Gasteiger partial charge on any atom is 0.295 e. The standard InChI is InChI=1S/C22H22N2O5/c1-13-10-16-11-14(5-6-17(16)29-13)20(25)18-19(15-4-3-7-23-12-15)24(8-9-28-2)22(27)21(18)26/h3-7,11-13,19,25H,8-10H2,1-2H3. The number of ketones is 1. The normalized spacial score (nSPS) is 22.6. The number of hydrogen-bond acceptors (Lipinski definition) is 6. The molecule has 0 spiro atoms. The highest BCUT2D eigenvalue weighted by Gasteiger charge is 2.46. The van der Waals surface area contributed by atoms with Crippen molar-refractivity contribution in [1.82, 2.24) is 9.88 Å². The summed E-state index contributed by atoms with van der Waals surface area (Å²) >= 11 is 0. The molecule has 2 aliphatic rings. The van der Waals surface area contributed by atoms with Gasteiger partial charge in [-0.05, 0) is 42.3 Å². The minimum absolute atomic E-state index is 0.0611. The Morgan fingerprint density at radius 2 is 2.17 bits per heavy atom. The van der Waals surface area contributed by atoms with Crippen LogP contribution in [0.5, 0.6) is 5.75 Å². The van der Waals surface area contributed by atoms with Gasteiger partial charge in [0.2, 0.25) is 0 Å². The zero-order valence-corrected chi connectivity index (χ0v) is 16.3. The second kappa shape index (κ2) is 7.67.